The quantitative estimate of drug-likeness (QED) is 0.782. The van der Waals surface area contributed by atoms with E-state index in [1.165, 1.54) is 4.90 Å². The first-order chi connectivity index (χ1) is 9.36. The average molecular weight is 266 g/mol. The van der Waals surface area contributed by atoms with E-state index in [-0.39, 0.29) is 0 Å². The van der Waals surface area contributed by atoms with E-state index in [2.05, 4.69) is 29.2 Å². The topological polar surface area (TPSA) is 38.9 Å². The van der Waals surface area contributed by atoms with Crippen molar-refractivity contribution in [3.05, 3.63) is 66.2 Å². The third kappa shape index (κ3) is 2.62. The summed E-state index contributed by atoms with van der Waals surface area (Å²) in [5.41, 5.74) is 7.99. The van der Waals surface area contributed by atoms with E-state index < -0.39 is 0 Å². The molecule has 3 rings (SSSR count). The second-order valence-corrected chi connectivity index (χ2v) is 5.35. The Hall–Kier alpha value is -1.84. The SMILES string of the molecule is NCc1cc(Sc2ccccc2)nc2ccccc12. The second kappa shape index (κ2) is 5.43. The van der Waals surface area contributed by atoms with Gasteiger partial charge in [0.1, 0.15) is 5.03 Å². The third-order valence-electron chi connectivity index (χ3n) is 2.96. The molecule has 1 aromatic heterocycles. The van der Waals surface area contributed by atoms with Crippen molar-refractivity contribution in [2.24, 2.45) is 5.73 Å². The van der Waals surface area contributed by atoms with Crippen LogP contribution in [0.25, 0.3) is 10.9 Å². The molecule has 3 aromatic rings. The zero-order valence-electron chi connectivity index (χ0n) is 10.4. The minimum atomic E-state index is 0.533. The minimum absolute atomic E-state index is 0.533. The number of benzene rings is 2. The molecule has 0 saturated heterocycles. The molecule has 3 heteroatoms. The molecule has 19 heavy (non-hydrogen) atoms. The van der Waals surface area contributed by atoms with Gasteiger partial charge >= 0.3 is 0 Å². The van der Waals surface area contributed by atoms with E-state index >= 15 is 0 Å². The van der Waals surface area contributed by atoms with Crippen molar-refractivity contribution in [3.63, 3.8) is 0 Å². The number of nitrogens with two attached hydrogens (primary N) is 1. The molecule has 0 spiro atoms. The number of pyridine rings is 1. The summed E-state index contributed by atoms with van der Waals surface area (Å²) in [6.45, 7) is 0.533. The summed E-state index contributed by atoms with van der Waals surface area (Å²) in [5.74, 6) is 0. The van der Waals surface area contributed by atoms with E-state index in [4.69, 9.17) is 5.73 Å². The fraction of sp³-hybridized carbons (Fsp3) is 0.0625. The van der Waals surface area contributed by atoms with E-state index in [0.717, 1.165) is 21.5 Å². The number of para-hydroxylation sites is 1. The summed E-state index contributed by atoms with van der Waals surface area (Å²) in [7, 11) is 0. The predicted octanol–water partition coefficient (Wildman–Crippen LogP) is 3.84. The van der Waals surface area contributed by atoms with Crippen molar-refractivity contribution in [3.8, 4) is 0 Å². The van der Waals surface area contributed by atoms with Crippen LogP contribution in [0.15, 0.2) is 70.6 Å². The maximum atomic E-state index is 5.84. The Kier molecular flexibility index (Phi) is 3.49. The third-order valence-corrected chi connectivity index (χ3v) is 3.89. The Bertz CT molecular complexity index is 695. The van der Waals surface area contributed by atoms with Crippen molar-refractivity contribution < 1.29 is 0 Å². The highest BCUT2D eigenvalue weighted by atomic mass is 32.2. The molecule has 0 radical (unpaired) electrons. The van der Waals surface area contributed by atoms with Gasteiger partial charge in [-0.25, -0.2) is 4.98 Å². The molecule has 2 N–H and O–H groups in total. The Labute approximate surface area is 116 Å². The molecule has 2 nitrogen and oxygen atoms in total. The first-order valence-corrected chi connectivity index (χ1v) is 7.00. The molecule has 2 aromatic carbocycles. The van der Waals surface area contributed by atoms with Gasteiger partial charge in [0.15, 0.2) is 0 Å². The summed E-state index contributed by atoms with van der Waals surface area (Å²) >= 11 is 1.67. The molecule has 0 aliphatic rings. The van der Waals surface area contributed by atoms with E-state index in [0.29, 0.717) is 6.54 Å². The average Bonchev–Trinajstić information content (AvgIpc) is 2.47. The standard InChI is InChI=1S/C16H14N2S/c17-11-12-10-16(19-13-6-2-1-3-7-13)18-15-9-5-4-8-14(12)15/h1-10H,11,17H2. The summed E-state index contributed by atoms with van der Waals surface area (Å²) < 4.78 is 0. The first-order valence-electron chi connectivity index (χ1n) is 6.18. The van der Waals surface area contributed by atoms with Gasteiger partial charge in [-0.05, 0) is 29.8 Å². The number of fused-ring (bicyclic) bond motifs is 1. The van der Waals surface area contributed by atoms with Crippen LogP contribution in [0, 0.1) is 0 Å². The van der Waals surface area contributed by atoms with Gasteiger partial charge in [0.2, 0.25) is 0 Å². The number of hydrogen-bond acceptors (Lipinski definition) is 3. The fourth-order valence-corrected chi connectivity index (χ4v) is 2.93. The smallest absolute Gasteiger partial charge is 0.102 e. The van der Waals surface area contributed by atoms with Crippen molar-refractivity contribution in [1.82, 2.24) is 4.98 Å². The van der Waals surface area contributed by atoms with Crippen LogP contribution in [0.4, 0.5) is 0 Å². The molecule has 0 atom stereocenters. The Morgan fingerprint density at radius 1 is 0.947 bits per heavy atom. The Morgan fingerprint density at radius 3 is 2.47 bits per heavy atom. The lowest BCUT2D eigenvalue weighted by molar-refractivity contribution is 1.05. The van der Waals surface area contributed by atoms with Crippen LogP contribution in [0.1, 0.15) is 5.56 Å². The van der Waals surface area contributed by atoms with Crippen LogP contribution in [-0.4, -0.2) is 4.98 Å². The molecular formula is C16H14N2S. The first kappa shape index (κ1) is 12.2. The molecular weight excluding hydrogens is 252 g/mol. The van der Waals surface area contributed by atoms with Crippen LogP contribution in [0.3, 0.4) is 0 Å². The molecule has 0 aliphatic heterocycles. The van der Waals surface area contributed by atoms with Crippen LogP contribution in [-0.2, 0) is 6.54 Å². The van der Waals surface area contributed by atoms with Crippen molar-refractivity contribution in [2.75, 3.05) is 0 Å². The number of aromatic nitrogens is 1. The number of nitrogens with zero attached hydrogens (tertiary/aromatic N) is 1. The zero-order valence-corrected chi connectivity index (χ0v) is 11.2. The Morgan fingerprint density at radius 2 is 1.68 bits per heavy atom. The van der Waals surface area contributed by atoms with Gasteiger partial charge in [-0.3, -0.25) is 0 Å². The van der Waals surface area contributed by atoms with E-state index in [1.54, 1.807) is 11.8 Å². The van der Waals surface area contributed by atoms with Crippen LogP contribution < -0.4 is 5.73 Å². The molecule has 0 aliphatic carbocycles. The van der Waals surface area contributed by atoms with Gasteiger partial charge in [0.05, 0.1) is 5.52 Å². The van der Waals surface area contributed by atoms with Crippen molar-refractivity contribution >= 4 is 22.7 Å². The summed E-state index contributed by atoms with van der Waals surface area (Å²) in [5, 5.41) is 2.13. The normalized spacial score (nSPS) is 10.8. The lowest BCUT2D eigenvalue weighted by Gasteiger charge is -2.07. The van der Waals surface area contributed by atoms with Crippen LogP contribution in [0.5, 0.6) is 0 Å². The fourth-order valence-electron chi connectivity index (χ4n) is 2.05. The van der Waals surface area contributed by atoms with Gasteiger partial charge < -0.3 is 5.73 Å². The lowest BCUT2D eigenvalue weighted by Crippen LogP contribution is -1.99. The molecule has 1 heterocycles. The van der Waals surface area contributed by atoms with Crippen molar-refractivity contribution in [2.45, 2.75) is 16.5 Å². The molecule has 94 valence electrons. The highest BCUT2D eigenvalue weighted by molar-refractivity contribution is 7.99. The summed E-state index contributed by atoms with van der Waals surface area (Å²) in [6, 6.07) is 20.5. The van der Waals surface area contributed by atoms with E-state index in [9.17, 15) is 0 Å². The highest BCUT2D eigenvalue weighted by Gasteiger charge is 2.05. The number of hydrogen-bond donors (Lipinski definition) is 1. The maximum Gasteiger partial charge on any atom is 0.102 e. The minimum Gasteiger partial charge on any atom is -0.326 e. The summed E-state index contributed by atoms with van der Waals surface area (Å²) in [6.07, 6.45) is 0. The van der Waals surface area contributed by atoms with Crippen LogP contribution >= 0.6 is 11.8 Å². The molecule has 0 amide bonds. The number of rotatable bonds is 3. The van der Waals surface area contributed by atoms with Gasteiger partial charge in [0.25, 0.3) is 0 Å². The molecule has 0 saturated carbocycles. The van der Waals surface area contributed by atoms with E-state index in [1.807, 2.05) is 36.4 Å². The lowest BCUT2D eigenvalue weighted by atomic mass is 10.1. The van der Waals surface area contributed by atoms with Crippen LogP contribution in [0.2, 0.25) is 0 Å². The van der Waals surface area contributed by atoms with Gasteiger partial charge in [-0.2, -0.15) is 0 Å². The van der Waals surface area contributed by atoms with Gasteiger partial charge in [-0.15, -0.1) is 0 Å². The monoisotopic (exact) mass is 266 g/mol. The largest absolute Gasteiger partial charge is 0.326 e. The second-order valence-electron chi connectivity index (χ2n) is 4.26. The highest BCUT2D eigenvalue weighted by Crippen LogP contribution is 2.29. The van der Waals surface area contributed by atoms with Crippen molar-refractivity contribution in [1.29, 1.82) is 0 Å². The van der Waals surface area contributed by atoms with Gasteiger partial charge in [0, 0.05) is 16.8 Å². The Balaban J connectivity index is 2.05. The molecule has 0 bridgehead atoms. The summed E-state index contributed by atoms with van der Waals surface area (Å²) in [4.78, 5) is 5.87. The zero-order chi connectivity index (χ0) is 13.1. The molecule has 0 fully saturated rings. The predicted molar refractivity (Wildman–Crippen MR) is 80.2 cm³/mol. The van der Waals surface area contributed by atoms with Gasteiger partial charge in [-0.1, -0.05) is 48.2 Å². The molecule has 0 unspecified atom stereocenters. The maximum absolute atomic E-state index is 5.84.